The lowest BCUT2D eigenvalue weighted by Gasteiger charge is -2.05. The van der Waals surface area contributed by atoms with Crippen molar-refractivity contribution >= 4 is 50.9 Å². The van der Waals surface area contributed by atoms with Gasteiger partial charge in [0.05, 0.1) is 0 Å². The minimum absolute atomic E-state index is 1.09. The summed E-state index contributed by atoms with van der Waals surface area (Å²) in [5, 5.41) is 2.14. The highest BCUT2D eigenvalue weighted by Gasteiger charge is 2.11. The van der Waals surface area contributed by atoms with Crippen LogP contribution in [0.2, 0.25) is 0 Å². The summed E-state index contributed by atoms with van der Waals surface area (Å²) in [5.41, 5.74) is 6.01. The molecule has 6 aromatic rings. The van der Waals surface area contributed by atoms with Gasteiger partial charge in [-0.1, -0.05) is 66.7 Å². The molecule has 0 aliphatic rings. The van der Waals surface area contributed by atoms with Crippen LogP contribution in [0.1, 0.15) is 12.5 Å². The van der Waals surface area contributed by atoms with Gasteiger partial charge in [-0.2, -0.15) is 0 Å². The summed E-state index contributed by atoms with van der Waals surface area (Å²) in [6.07, 6.45) is 0. The maximum absolute atomic E-state index is 4.03. The third kappa shape index (κ3) is 4.63. The molecule has 0 N–H and O–H groups in total. The highest BCUT2D eigenvalue weighted by atomic mass is 32.1. The first-order valence-corrected chi connectivity index (χ1v) is 14.7. The van der Waals surface area contributed by atoms with Crippen LogP contribution in [-0.4, -0.2) is 0 Å². The van der Waals surface area contributed by atoms with Gasteiger partial charge in [0.15, 0.2) is 0 Å². The van der Waals surface area contributed by atoms with Crippen LogP contribution in [0.25, 0.3) is 56.4 Å². The lowest BCUT2D eigenvalue weighted by molar-refractivity contribution is 1.56. The molecular formula is C31H22S4. The molecule has 0 fully saturated rings. The van der Waals surface area contributed by atoms with E-state index in [1.165, 1.54) is 56.4 Å². The number of hydrogen-bond acceptors (Lipinski definition) is 4. The molecule has 170 valence electrons. The average molecular weight is 523 g/mol. The largest absolute Gasteiger partial charge is 0.143 e. The highest BCUT2D eigenvalue weighted by molar-refractivity contribution is 7.28. The maximum atomic E-state index is 4.03. The molecule has 2 aromatic carbocycles. The highest BCUT2D eigenvalue weighted by Crippen LogP contribution is 2.43. The van der Waals surface area contributed by atoms with Gasteiger partial charge < -0.3 is 0 Å². The van der Waals surface area contributed by atoms with Crippen molar-refractivity contribution in [3.63, 3.8) is 0 Å². The third-order valence-corrected chi connectivity index (χ3v) is 10.7. The monoisotopic (exact) mass is 522 g/mol. The standard InChI is InChI=1S/C31H22S4/c1-20(2)21-5-7-22(8-6-21)23-9-11-24(12-10-23)25-13-14-28(33-25)29-17-18-31(35-29)30-16-15-27(34-30)26-4-3-19-32-26/h3-19H,1H2,2H3. The van der Waals surface area contributed by atoms with Crippen molar-refractivity contribution in [1.82, 2.24) is 0 Å². The van der Waals surface area contributed by atoms with Crippen LogP contribution in [0, 0.1) is 0 Å². The van der Waals surface area contributed by atoms with Crippen molar-refractivity contribution in [2.45, 2.75) is 6.92 Å². The van der Waals surface area contributed by atoms with Crippen molar-refractivity contribution in [3.05, 3.63) is 115 Å². The lowest BCUT2D eigenvalue weighted by Crippen LogP contribution is -1.81. The molecule has 0 unspecified atom stereocenters. The molecule has 0 bridgehead atoms. The summed E-state index contributed by atoms with van der Waals surface area (Å²) in [5.74, 6) is 0. The number of hydrogen-bond donors (Lipinski definition) is 0. The van der Waals surface area contributed by atoms with E-state index in [1.54, 1.807) is 11.3 Å². The first-order chi connectivity index (χ1) is 17.1. The topological polar surface area (TPSA) is 0 Å². The first kappa shape index (κ1) is 22.4. The molecule has 6 rings (SSSR count). The van der Waals surface area contributed by atoms with E-state index in [0.717, 1.165) is 5.57 Å². The molecule has 0 radical (unpaired) electrons. The molecule has 0 aliphatic heterocycles. The normalized spacial score (nSPS) is 11.1. The number of thiophene rings is 4. The number of allylic oxidation sites excluding steroid dienone is 1. The first-order valence-electron chi connectivity index (χ1n) is 11.3. The van der Waals surface area contributed by atoms with Crippen molar-refractivity contribution in [3.8, 4) is 50.8 Å². The van der Waals surface area contributed by atoms with E-state index in [2.05, 4.69) is 109 Å². The smallest absolute Gasteiger partial charge is 0.0449 e. The molecule has 0 saturated carbocycles. The Morgan fingerprint density at radius 2 is 0.914 bits per heavy atom. The summed E-state index contributed by atoms with van der Waals surface area (Å²) in [7, 11) is 0. The van der Waals surface area contributed by atoms with Crippen molar-refractivity contribution in [1.29, 1.82) is 0 Å². The van der Waals surface area contributed by atoms with E-state index in [-0.39, 0.29) is 0 Å². The van der Waals surface area contributed by atoms with E-state index >= 15 is 0 Å². The van der Waals surface area contributed by atoms with Crippen molar-refractivity contribution < 1.29 is 0 Å². The molecule has 0 nitrogen and oxygen atoms in total. The zero-order chi connectivity index (χ0) is 23.8. The fourth-order valence-electron chi connectivity index (χ4n) is 4.02. The molecular weight excluding hydrogens is 501 g/mol. The van der Waals surface area contributed by atoms with Gasteiger partial charge in [-0.05, 0) is 77.0 Å². The van der Waals surface area contributed by atoms with Gasteiger partial charge in [0.1, 0.15) is 0 Å². The second-order valence-electron chi connectivity index (χ2n) is 8.40. The Morgan fingerprint density at radius 3 is 1.40 bits per heavy atom. The zero-order valence-electron chi connectivity index (χ0n) is 19.2. The van der Waals surface area contributed by atoms with E-state index in [1.807, 2.05) is 40.9 Å². The molecule has 35 heavy (non-hydrogen) atoms. The molecule has 0 aliphatic carbocycles. The Balaban J connectivity index is 1.20. The van der Waals surface area contributed by atoms with Crippen LogP contribution in [0.5, 0.6) is 0 Å². The predicted octanol–water partition coefficient (Wildman–Crippen LogP) is 11.3. The van der Waals surface area contributed by atoms with Gasteiger partial charge in [0.25, 0.3) is 0 Å². The second kappa shape index (κ2) is 9.56. The SMILES string of the molecule is C=C(C)c1ccc(-c2ccc(-c3ccc(-c4ccc(-c5ccc(-c6cccs6)s5)s4)s3)cc2)cc1. The molecule has 0 spiro atoms. The van der Waals surface area contributed by atoms with Crippen LogP contribution >= 0.6 is 45.3 Å². The van der Waals surface area contributed by atoms with Crippen LogP contribution in [0.4, 0.5) is 0 Å². The van der Waals surface area contributed by atoms with Gasteiger partial charge in [0, 0.05) is 34.1 Å². The number of rotatable bonds is 6. The summed E-state index contributed by atoms with van der Waals surface area (Å²) in [4.78, 5) is 9.32. The third-order valence-electron chi connectivity index (χ3n) is 5.95. The Labute approximate surface area is 222 Å². The summed E-state index contributed by atoms with van der Waals surface area (Å²) in [6, 6.07) is 35.4. The Morgan fingerprint density at radius 1 is 0.486 bits per heavy atom. The van der Waals surface area contributed by atoms with E-state index < -0.39 is 0 Å². The van der Waals surface area contributed by atoms with Crippen LogP contribution in [0.3, 0.4) is 0 Å². The Hall–Kier alpha value is -3.02. The van der Waals surface area contributed by atoms with Crippen molar-refractivity contribution in [2.24, 2.45) is 0 Å². The van der Waals surface area contributed by atoms with Gasteiger partial charge in [0.2, 0.25) is 0 Å². The fraction of sp³-hybridized carbons (Fsp3) is 0.0323. The second-order valence-corrected chi connectivity index (χ2v) is 12.6. The lowest BCUT2D eigenvalue weighted by atomic mass is 10.0. The summed E-state index contributed by atoms with van der Waals surface area (Å²) < 4.78 is 0. The van der Waals surface area contributed by atoms with Crippen LogP contribution < -0.4 is 0 Å². The average Bonchev–Trinajstić information content (AvgIpc) is 3.70. The minimum atomic E-state index is 1.09. The van der Waals surface area contributed by atoms with Crippen molar-refractivity contribution in [2.75, 3.05) is 0 Å². The minimum Gasteiger partial charge on any atom is -0.143 e. The molecule has 4 aromatic heterocycles. The van der Waals surface area contributed by atoms with E-state index in [0.29, 0.717) is 0 Å². The molecule has 0 amide bonds. The Bertz CT molecular complexity index is 1590. The van der Waals surface area contributed by atoms with Gasteiger partial charge in [-0.3, -0.25) is 0 Å². The quantitative estimate of drug-likeness (QED) is 0.204. The van der Waals surface area contributed by atoms with E-state index in [9.17, 15) is 0 Å². The molecule has 4 heteroatoms. The summed E-state index contributed by atoms with van der Waals surface area (Å²) in [6.45, 7) is 6.07. The number of benzene rings is 2. The van der Waals surface area contributed by atoms with E-state index in [4.69, 9.17) is 0 Å². The fourth-order valence-corrected chi connectivity index (χ4v) is 8.06. The van der Waals surface area contributed by atoms with Gasteiger partial charge in [-0.15, -0.1) is 45.3 Å². The van der Waals surface area contributed by atoms with Gasteiger partial charge >= 0.3 is 0 Å². The predicted molar refractivity (Wildman–Crippen MR) is 160 cm³/mol. The Kier molecular flexibility index (Phi) is 6.13. The molecule has 4 heterocycles. The molecule has 0 saturated heterocycles. The zero-order valence-corrected chi connectivity index (χ0v) is 22.4. The van der Waals surface area contributed by atoms with Crippen LogP contribution in [0.15, 0.2) is 109 Å². The molecule has 0 atom stereocenters. The van der Waals surface area contributed by atoms with Crippen LogP contribution in [-0.2, 0) is 0 Å². The van der Waals surface area contributed by atoms with Gasteiger partial charge in [-0.25, -0.2) is 0 Å². The summed E-state index contributed by atoms with van der Waals surface area (Å²) >= 11 is 7.42. The maximum Gasteiger partial charge on any atom is 0.0449 e.